The van der Waals surface area contributed by atoms with Gasteiger partial charge >= 0.3 is 0 Å². The number of aromatic nitrogens is 2. The lowest BCUT2D eigenvalue weighted by Crippen LogP contribution is -2.24. The Morgan fingerprint density at radius 1 is 1.08 bits per heavy atom. The summed E-state index contributed by atoms with van der Waals surface area (Å²) in [5.41, 5.74) is 3.34. The Kier molecular flexibility index (Phi) is 2.79. The van der Waals surface area contributed by atoms with Gasteiger partial charge < -0.3 is 19.4 Å². The molecule has 0 spiro atoms. The van der Waals surface area contributed by atoms with Crippen molar-refractivity contribution in [3.63, 3.8) is 0 Å². The normalized spacial score (nSPS) is 15.9. The molecule has 2 aliphatic rings. The van der Waals surface area contributed by atoms with Crippen molar-refractivity contribution < 1.29 is 14.3 Å². The van der Waals surface area contributed by atoms with Gasteiger partial charge in [0.25, 0.3) is 5.91 Å². The second kappa shape index (κ2) is 4.99. The van der Waals surface area contributed by atoms with Gasteiger partial charge in [0, 0.05) is 18.7 Å². The Balaban J connectivity index is 1.74. The number of amides is 1. The van der Waals surface area contributed by atoms with Crippen LogP contribution in [0.2, 0.25) is 0 Å². The molecule has 120 valence electrons. The van der Waals surface area contributed by atoms with Crippen molar-refractivity contribution >= 4 is 16.9 Å². The summed E-state index contributed by atoms with van der Waals surface area (Å²) in [6, 6.07) is 11.5. The highest BCUT2D eigenvalue weighted by Crippen LogP contribution is 2.36. The topological polar surface area (TPSA) is 65.4 Å². The molecule has 0 saturated carbocycles. The van der Waals surface area contributed by atoms with E-state index in [0.29, 0.717) is 31.9 Å². The van der Waals surface area contributed by atoms with E-state index in [1.54, 1.807) is 0 Å². The van der Waals surface area contributed by atoms with Gasteiger partial charge in [-0.15, -0.1) is 0 Å². The minimum atomic E-state index is -0.0482. The first kappa shape index (κ1) is 13.4. The number of nitrogens with one attached hydrogen (secondary N) is 1. The first-order valence-electron chi connectivity index (χ1n) is 7.99. The van der Waals surface area contributed by atoms with E-state index in [-0.39, 0.29) is 5.91 Å². The maximum absolute atomic E-state index is 12.2. The summed E-state index contributed by atoms with van der Waals surface area (Å²) in [5.74, 6) is 2.29. The number of ether oxygens (including phenoxy) is 2. The predicted octanol–water partition coefficient (Wildman–Crippen LogP) is 2.22. The van der Waals surface area contributed by atoms with Crippen molar-refractivity contribution in [2.24, 2.45) is 0 Å². The molecular weight excluding hydrogens is 306 g/mol. The van der Waals surface area contributed by atoms with Gasteiger partial charge in [-0.25, -0.2) is 4.98 Å². The fourth-order valence-electron chi connectivity index (χ4n) is 3.37. The van der Waals surface area contributed by atoms with E-state index >= 15 is 0 Å². The summed E-state index contributed by atoms with van der Waals surface area (Å²) >= 11 is 0. The zero-order valence-electron chi connectivity index (χ0n) is 12.9. The van der Waals surface area contributed by atoms with Crippen LogP contribution in [0.15, 0.2) is 36.4 Å². The summed E-state index contributed by atoms with van der Waals surface area (Å²) in [6.45, 7) is 2.39. The summed E-state index contributed by atoms with van der Waals surface area (Å²) in [4.78, 5) is 17.0. The van der Waals surface area contributed by atoms with Crippen LogP contribution in [0.4, 0.5) is 0 Å². The molecule has 5 rings (SSSR count). The van der Waals surface area contributed by atoms with Crippen LogP contribution in [-0.4, -0.2) is 35.2 Å². The van der Waals surface area contributed by atoms with Gasteiger partial charge in [0.2, 0.25) is 0 Å². The van der Waals surface area contributed by atoms with E-state index < -0.39 is 0 Å². The number of imidazole rings is 1. The lowest BCUT2D eigenvalue weighted by Gasteiger charge is -2.19. The van der Waals surface area contributed by atoms with Gasteiger partial charge in [-0.3, -0.25) is 4.79 Å². The Morgan fingerprint density at radius 3 is 2.88 bits per heavy atom. The maximum atomic E-state index is 12.2. The third kappa shape index (κ3) is 1.89. The third-order valence-corrected chi connectivity index (χ3v) is 4.43. The van der Waals surface area contributed by atoms with E-state index in [4.69, 9.17) is 14.5 Å². The van der Waals surface area contributed by atoms with Crippen LogP contribution in [0, 0.1) is 0 Å². The summed E-state index contributed by atoms with van der Waals surface area (Å²) < 4.78 is 13.4. The molecule has 0 unspecified atom stereocenters. The molecule has 1 aromatic heterocycles. The number of para-hydroxylation sites is 1. The smallest absolute Gasteiger partial charge is 0.253 e. The fourth-order valence-corrected chi connectivity index (χ4v) is 3.37. The van der Waals surface area contributed by atoms with Gasteiger partial charge in [-0.1, -0.05) is 6.07 Å². The monoisotopic (exact) mass is 321 g/mol. The molecule has 6 heteroatoms. The molecule has 24 heavy (non-hydrogen) atoms. The van der Waals surface area contributed by atoms with E-state index in [0.717, 1.165) is 33.9 Å². The highest BCUT2D eigenvalue weighted by atomic mass is 16.6. The van der Waals surface area contributed by atoms with E-state index in [1.807, 2.05) is 36.4 Å². The highest BCUT2D eigenvalue weighted by Gasteiger charge is 2.22. The Labute approximate surface area is 138 Å². The van der Waals surface area contributed by atoms with Crippen LogP contribution >= 0.6 is 0 Å². The molecule has 0 saturated heterocycles. The summed E-state index contributed by atoms with van der Waals surface area (Å²) in [6.07, 6.45) is 0. The number of nitrogens with zero attached hydrogens (tertiary/aromatic N) is 2. The average Bonchev–Trinajstić information content (AvgIpc) is 2.91. The average molecular weight is 321 g/mol. The number of hydrogen-bond donors (Lipinski definition) is 1. The molecule has 2 aromatic carbocycles. The zero-order chi connectivity index (χ0) is 16.1. The van der Waals surface area contributed by atoms with Crippen LogP contribution in [-0.2, 0) is 6.54 Å². The molecule has 0 radical (unpaired) electrons. The largest absolute Gasteiger partial charge is 0.486 e. The Hall–Kier alpha value is -3.02. The summed E-state index contributed by atoms with van der Waals surface area (Å²) in [5, 5.41) is 2.93. The Morgan fingerprint density at radius 2 is 1.96 bits per heavy atom. The van der Waals surface area contributed by atoms with Crippen molar-refractivity contribution in [3.05, 3.63) is 42.0 Å². The number of fused-ring (bicyclic) bond motifs is 1. The van der Waals surface area contributed by atoms with Gasteiger partial charge in [0.15, 0.2) is 11.5 Å². The minimum Gasteiger partial charge on any atom is -0.486 e. The van der Waals surface area contributed by atoms with Crippen LogP contribution in [0.1, 0.15) is 10.4 Å². The van der Waals surface area contributed by atoms with Gasteiger partial charge in [-0.2, -0.15) is 0 Å². The first-order valence-corrected chi connectivity index (χ1v) is 7.99. The number of hydrogen-bond acceptors (Lipinski definition) is 4. The maximum Gasteiger partial charge on any atom is 0.253 e. The molecule has 0 atom stereocenters. The number of rotatable bonds is 1. The first-order chi connectivity index (χ1) is 11.8. The fraction of sp³-hybridized carbons (Fsp3) is 0.222. The number of carbonyl (C=O) groups is 1. The molecule has 3 heterocycles. The minimum absolute atomic E-state index is 0.0482. The second-order valence-corrected chi connectivity index (χ2v) is 5.87. The molecule has 0 fully saturated rings. The van der Waals surface area contributed by atoms with E-state index in [9.17, 15) is 4.79 Å². The molecule has 2 aliphatic heterocycles. The second-order valence-electron chi connectivity index (χ2n) is 5.87. The van der Waals surface area contributed by atoms with Crippen molar-refractivity contribution in [1.29, 1.82) is 0 Å². The SMILES string of the molecule is O=C1NCCn2c(-c3ccc4c(c3)OCCO4)nc3cccc1c32. The Bertz CT molecular complexity index is 977. The highest BCUT2D eigenvalue weighted by molar-refractivity contribution is 6.06. The van der Waals surface area contributed by atoms with E-state index in [2.05, 4.69) is 9.88 Å². The number of carbonyl (C=O) groups excluding carboxylic acids is 1. The standard InChI is InChI=1S/C18H15N3O3/c22-18-12-2-1-3-13-16(12)21(7-6-19-18)17(20-13)11-4-5-14-15(10-11)24-9-8-23-14/h1-5,10H,6-9H2,(H,19,22). The zero-order valence-corrected chi connectivity index (χ0v) is 12.9. The predicted molar refractivity (Wildman–Crippen MR) is 88.5 cm³/mol. The van der Waals surface area contributed by atoms with Gasteiger partial charge in [0.1, 0.15) is 19.0 Å². The van der Waals surface area contributed by atoms with Gasteiger partial charge in [0.05, 0.1) is 16.6 Å². The lowest BCUT2D eigenvalue weighted by atomic mass is 10.1. The van der Waals surface area contributed by atoms with Crippen molar-refractivity contribution in [2.45, 2.75) is 6.54 Å². The van der Waals surface area contributed by atoms with Crippen LogP contribution in [0.5, 0.6) is 11.5 Å². The third-order valence-electron chi connectivity index (χ3n) is 4.43. The molecule has 0 bridgehead atoms. The van der Waals surface area contributed by atoms with E-state index in [1.165, 1.54) is 0 Å². The van der Waals surface area contributed by atoms with Crippen LogP contribution in [0.3, 0.4) is 0 Å². The van der Waals surface area contributed by atoms with Crippen LogP contribution < -0.4 is 14.8 Å². The van der Waals surface area contributed by atoms with Crippen molar-refractivity contribution in [3.8, 4) is 22.9 Å². The van der Waals surface area contributed by atoms with Crippen molar-refractivity contribution in [1.82, 2.24) is 14.9 Å². The molecule has 6 nitrogen and oxygen atoms in total. The quantitative estimate of drug-likeness (QED) is 0.746. The molecular formula is C18H15N3O3. The molecule has 3 aromatic rings. The van der Waals surface area contributed by atoms with Gasteiger partial charge in [-0.05, 0) is 30.3 Å². The molecule has 1 amide bonds. The lowest BCUT2D eigenvalue weighted by molar-refractivity contribution is 0.0956. The van der Waals surface area contributed by atoms with Crippen LogP contribution in [0.25, 0.3) is 22.4 Å². The molecule has 0 aliphatic carbocycles. The van der Waals surface area contributed by atoms with Crippen molar-refractivity contribution in [2.75, 3.05) is 19.8 Å². The number of benzene rings is 2. The molecule has 1 N–H and O–H groups in total. The summed E-state index contributed by atoms with van der Waals surface area (Å²) in [7, 11) is 0.